The lowest BCUT2D eigenvalue weighted by molar-refractivity contribution is 0.266. The van der Waals surface area contributed by atoms with Gasteiger partial charge in [-0.1, -0.05) is 6.92 Å². The normalized spacial score (nSPS) is 17.2. The summed E-state index contributed by atoms with van der Waals surface area (Å²) in [5.74, 6) is 0.978. The van der Waals surface area contributed by atoms with E-state index in [1.165, 1.54) is 0 Å². The molecule has 4 nitrogen and oxygen atoms in total. The van der Waals surface area contributed by atoms with E-state index in [1.807, 2.05) is 19.9 Å². The predicted octanol–water partition coefficient (Wildman–Crippen LogP) is 1.33. The minimum absolute atomic E-state index is 0.0719. The summed E-state index contributed by atoms with van der Waals surface area (Å²) >= 11 is 0. The number of likely N-dealkylation sites (N-methyl/N-ethyl adjacent to an activating group) is 1. The maximum atomic E-state index is 9.54. The van der Waals surface area contributed by atoms with E-state index < -0.39 is 0 Å². The predicted molar refractivity (Wildman–Crippen MR) is 74.0 cm³/mol. The Morgan fingerprint density at radius 3 is 2.44 bits per heavy atom. The third-order valence-corrected chi connectivity index (χ3v) is 3.73. The lowest BCUT2D eigenvalue weighted by atomic mass is 10.1. The number of pyridine rings is 1. The molecule has 0 radical (unpaired) electrons. The van der Waals surface area contributed by atoms with Crippen molar-refractivity contribution < 1.29 is 5.11 Å². The lowest BCUT2D eigenvalue weighted by Crippen LogP contribution is -2.46. The first-order chi connectivity index (χ1) is 8.65. The first kappa shape index (κ1) is 13.3. The number of hydrogen-bond donors (Lipinski definition) is 1. The summed E-state index contributed by atoms with van der Waals surface area (Å²) in [5, 5.41) is 9.54. The molecule has 100 valence electrons. The standard InChI is InChI=1S/C14H23N3O/c1-4-16-5-7-17(8-6-16)14-13(10-18)11(2)9-12(3)15-14/h9,18H,4-8,10H2,1-3H3. The van der Waals surface area contributed by atoms with Crippen LogP contribution >= 0.6 is 0 Å². The van der Waals surface area contributed by atoms with Crippen LogP contribution in [0, 0.1) is 13.8 Å². The van der Waals surface area contributed by atoms with Crippen LogP contribution < -0.4 is 4.90 Å². The smallest absolute Gasteiger partial charge is 0.134 e. The van der Waals surface area contributed by atoms with Crippen molar-refractivity contribution in [2.45, 2.75) is 27.4 Å². The molecule has 1 aromatic heterocycles. The second-order valence-electron chi connectivity index (χ2n) is 4.96. The summed E-state index contributed by atoms with van der Waals surface area (Å²) in [6, 6.07) is 2.04. The third-order valence-electron chi connectivity index (χ3n) is 3.73. The van der Waals surface area contributed by atoms with E-state index in [2.05, 4.69) is 21.7 Å². The van der Waals surface area contributed by atoms with E-state index in [4.69, 9.17) is 0 Å². The van der Waals surface area contributed by atoms with E-state index >= 15 is 0 Å². The second kappa shape index (κ2) is 5.67. The van der Waals surface area contributed by atoms with Crippen LogP contribution in [0.3, 0.4) is 0 Å². The van der Waals surface area contributed by atoms with Gasteiger partial charge in [-0.25, -0.2) is 4.98 Å². The van der Waals surface area contributed by atoms with Crippen molar-refractivity contribution in [3.8, 4) is 0 Å². The van der Waals surface area contributed by atoms with Crippen LogP contribution in [0.15, 0.2) is 6.07 Å². The average Bonchev–Trinajstić information content (AvgIpc) is 2.38. The highest BCUT2D eigenvalue weighted by Crippen LogP contribution is 2.23. The number of rotatable bonds is 3. The largest absolute Gasteiger partial charge is 0.392 e. The monoisotopic (exact) mass is 249 g/mol. The van der Waals surface area contributed by atoms with Gasteiger partial charge in [0.2, 0.25) is 0 Å². The second-order valence-corrected chi connectivity index (χ2v) is 4.96. The Hall–Kier alpha value is -1.13. The molecule has 1 aromatic rings. The number of aryl methyl sites for hydroxylation is 2. The van der Waals surface area contributed by atoms with Crippen molar-refractivity contribution in [3.05, 3.63) is 22.9 Å². The van der Waals surface area contributed by atoms with Gasteiger partial charge in [-0.15, -0.1) is 0 Å². The van der Waals surface area contributed by atoms with Crippen LogP contribution in [0.2, 0.25) is 0 Å². The summed E-state index contributed by atoms with van der Waals surface area (Å²) in [4.78, 5) is 9.37. The molecule has 1 N–H and O–H groups in total. The summed E-state index contributed by atoms with van der Waals surface area (Å²) in [7, 11) is 0. The molecule has 18 heavy (non-hydrogen) atoms. The highest BCUT2D eigenvalue weighted by Gasteiger charge is 2.20. The Labute approximate surface area is 109 Å². The van der Waals surface area contributed by atoms with Gasteiger partial charge >= 0.3 is 0 Å². The van der Waals surface area contributed by atoms with Crippen molar-refractivity contribution in [2.24, 2.45) is 0 Å². The molecule has 0 aromatic carbocycles. The van der Waals surface area contributed by atoms with Gasteiger partial charge in [0.15, 0.2) is 0 Å². The highest BCUT2D eigenvalue weighted by molar-refractivity contribution is 5.51. The third kappa shape index (κ3) is 2.65. The molecular weight excluding hydrogens is 226 g/mol. The fourth-order valence-electron chi connectivity index (χ4n) is 2.58. The number of anilines is 1. The minimum atomic E-state index is 0.0719. The van der Waals surface area contributed by atoms with Gasteiger partial charge in [0.1, 0.15) is 5.82 Å². The van der Waals surface area contributed by atoms with Gasteiger partial charge in [0, 0.05) is 37.4 Å². The van der Waals surface area contributed by atoms with E-state index in [-0.39, 0.29) is 6.61 Å². The van der Waals surface area contributed by atoms with Gasteiger partial charge in [0.25, 0.3) is 0 Å². The van der Waals surface area contributed by atoms with E-state index in [0.29, 0.717) is 0 Å². The fraction of sp³-hybridized carbons (Fsp3) is 0.643. The van der Waals surface area contributed by atoms with E-state index in [9.17, 15) is 5.11 Å². The Kier molecular flexibility index (Phi) is 4.19. The van der Waals surface area contributed by atoms with Crippen molar-refractivity contribution in [3.63, 3.8) is 0 Å². The molecule has 0 aliphatic carbocycles. The van der Waals surface area contributed by atoms with Crippen LogP contribution in [0.4, 0.5) is 5.82 Å². The van der Waals surface area contributed by atoms with Crippen LogP contribution in [0.25, 0.3) is 0 Å². The van der Waals surface area contributed by atoms with Crippen molar-refractivity contribution >= 4 is 5.82 Å². The van der Waals surface area contributed by atoms with Crippen LogP contribution in [0.1, 0.15) is 23.7 Å². The van der Waals surface area contributed by atoms with E-state index in [1.54, 1.807) is 0 Å². The van der Waals surface area contributed by atoms with Crippen LogP contribution in [-0.2, 0) is 6.61 Å². The molecule has 0 atom stereocenters. The van der Waals surface area contributed by atoms with Gasteiger partial charge in [-0.05, 0) is 32.0 Å². The molecule has 0 saturated carbocycles. The Morgan fingerprint density at radius 2 is 1.89 bits per heavy atom. The molecule has 1 aliphatic heterocycles. The summed E-state index contributed by atoms with van der Waals surface area (Å²) in [6.45, 7) is 11.6. The number of nitrogens with zero attached hydrogens (tertiary/aromatic N) is 3. The SMILES string of the molecule is CCN1CCN(c2nc(C)cc(C)c2CO)CC1. The Morgan fingerprint density at radius 1 is 1.22 bits per heavy atom. The van der Waals surface area contributed by atoms with E-state index in [0.717, 1.165) is 55.4 Å². The molecule has 2 heterocycles. The number of aromatic nitrogens is 1. The first-order valence-electron chi connectivity index (χ1n) is 6.71. The fourth-order valence-corrected chi connectivity index (χ4v) is 2.58. The zero-order valence-electron chi connectivity index (χ0n) is 11.6. The Balaban J connectivity index is 2.23. The molecule has 1 fully saturated rings. The molecule has 0 unspecified atom stereocenters. The lowest BCUT2D eigenvalue weighted by Gasteiger charge is -2.36. The number of aliphatic hydroxyl groups excluding tert-OH is 1. The Bertz CT molecular complexity index is 412. The number of aliphatic hydroxyl groups is 1. The molecular formula is C14H23N3O. The maximum absolute atomic E-state index is 9.54. The van der Waals surface area contributed by atoms with Crippen LogP contribution in [-0.4, -0.2) is 47.7 Å². The molecule has 4 heteroatoms. The number of piperazine rings is 1. The molecule has 0 bridgehead atoms. The zero-order chi connectivity index (χ0) is 13.1. The van der Waals surface area contributed by atoms with Crippen molar-refractivity contribution in [2.75, 3.05) is 37.6 Å². The van der Waals surface area contributed by atoms with Gasteiger partial charge in [0.05, 0.1) is 6.61 Å². The first-order valence-corrected chi connectivity index (χ1v) is 6.71. The van der Waals surface area contributed by atoms with Crippen LogP contribution in [0.5, 0.6) is 0 Å². The highest BCUT2D eigenvalue weighted by atomic mass is 16.3. The van der Waals surface area contributed by atoms with Gasteiger partial charge < -0.3 is 14.9 Å². The molecule has 1 saturated heterocycles. The maximum Gasteiger partial charge on any atom is 0.134 e. The zero-order valence-corrected chi connectivity index (χ0v) is 11.6. The quantitative estimate of drug-likeness (QED) is 0.877. The van der Waals surface area contributed by atoms with Crippen molar-refractivity contribution in [1.29, 1.82) is 0 Å². The molecule has 0 spiro atoms. The minimum Gasteiger partial charge on any atom is -0.392 e. The summed E-state index contributed by atoms with van der Waals surface area (Å²) in [6.07, 6.45) is 0. The molecule has 1 aliphatic rings. The van der Waals surface area contributed by atoms with Gasteiger partial charge in [-0.2, -0.15) is 0 Å². The topological polar surface area (TPSA) is 39.6 Å². The molecule has 0 amide bonds. The van der Waals surface area contributed by atoms with Crippen molar-refractivity contribution in [1.82, 2.24) is 9.88 Å². The summed E-state index contributed by atoms with van der Waals surface area (Å²) < 4.78 is 0. The average molecular weight is 249 g/mol. The van der Waals surface area contributed by atoms with Gasteiger partial charge in [-0.3, -0.25) is 0 Å². The summed E-state index contributed by atoms with van der Waals surface area (Å²) in [5.41, 5.74) is 3.14. The molecule has 2 rings (SSSR count). The number of hydrogen-bond acceptors (Lipinski definition) is 4.